The zero-order valence-electron chi connectivity index (χ0n) is 12.2. The number of hydrogen-bond donors (Lipinski definition) is 1. The molecule has 0 aliphatic rings. The Morgan fingerprint density at radius 3 is 2.60 bits per heavy atom. The van der Waals surface area contributed by atoms with Crippen LogP contribution < -0.4 is 5.32 Å². The number of carbonyl (C=O) groups excluding carboxylic acids is 2. The second-order valence-electron chi connectivity index (χ2n) is 4.59. The van der Waals surface area contributed by atoms with Crippen molar-refractivity contribution in [2.45, 2.75) is 32.2 Å². The lowest BCUT2D eigenvalue weighted by molar-refractivity contribution is -0.145. The van der Waals surface area contributed by atoms with Crippen LogP contribution in [0.1, 0.15) is 37.0 Å². The summed E-state index contributed by atoms with van der Waals surface area (Å²) in [4.78, 5) is 27.8. The Labute approximate surface area is 118 Å². The van der Waals surface area contributed by atoms with Crippen LogP contribution in [0, 0.1) is 0 Å². The number of nitrogens with one attached hydrogen (secondary N) is 1. The van der Waals surface area contributed by atoms with Crippen molar-refractivity contribution in [2.24, 2.45) is 0 Å². The summed E-state index contributed by atoms with van der Waals surface area (Å²) >= 11 is 0. The molecule has 1 N–H and O–H groups in total. The molecule has 0 aliphatic heterocycles. The molecule has 6 nitrogen and oxygen atoms in total. The number of nitrogens with zero attached hydrogens (tertiary/aromatic N) is 1. The number of hydrogen-bond acceptors (Lipinski definition) is 6. The minimum atomic E-state index is -0.944. The highest BCUT2D eigenvalue weighted by molar-refractivity contribution is 5.95. The van der Waals surface area contributed by atoms with Gasteiger partial charge in [0.05, 0.1) is 14.2 Å². The molecule has 110 valence electrons. The maximum atomic E-state index is 12.0. The molecule has 0 radical (unpaired) electrons. The van der Waals surface area contributed by atoms with Gasteiger partial charge in [-0.1, -0.05) is 13.3 Å². The number of esters is 2. The molecule has 0 saturated heterocycles. The van der Waals surface area contributed by atoms with Gasteiger partial charge < -0.3 is 14.8 Å². The lowest BCUT2D eigenvalue weighted by Gasteiger charge is -2.28. The molecule has 1 rings (SSSR count). The van der Waals surface area contributed by atoms with E-state index >= 15 is 0 Å². The molecule has 6 heteroatoms. The van der Waals surface area contributed by atoms with Gasteiger partial charge in [0, 0.05) is 6.20 Å². The molecule has 1 aromatic heterocycles. The maximum Gasteiger partial charge on any atom is 0.341 e. The number of methoxy groups -OCH3 is 2. The first-order valence-corrected chi connectivity index (χ1v) is 6.38. The molecule has 1 heterocycles. The van der Waals surface area contributed by atoms with E-state index in [-0.39, 0.29) is 5.56 Å². The molecular weight excluding hydrogens is 260 g/mol. The van der Waals surface area contributed by atoms with Gasteiger partial charge in [-0.2, -0.15) is 0 Å². The lowest BCUT2D eigenvalue weighted by atomic mass is 9.96. The second kappa shape index (κ2) is 6.88. The van der Waals surface area contributed by atoms with E-state index in [1.54, 1.807) is 25.3 Å². The van der Waals surface area contributed by atoms with Crippen LogP contribution in [0.3, 0.4) is 0 Å². The minimum Gasteiger partial charge on any atom is -0.467 e. The van der Waals surface area contributed by atoms with Crippen LogP contribution in [0.25, 0.3) is 0 Å². The van der Waals surface area contributed by atoms with E-state index in [9.17, 15) is 9.59 Å². The number of ether oxygens (including phenoxy) is 2. The van der Waals surface area contributed by atoms with Gasteiger partial charge in [0.1, 0.15) is 16.9 Å². The number of carbonyl (C=O) groups is 2. The van der Waals surface area contributed by atoms with Gasteiger partial charge in [-0.05, 0) is 25.5 Å². The van der Waals surface area contributed by atoms with Crippen molar-refractivity contribution in [2.75, 3.05) is 19.5 Å². The quantitative estimate of drug-likeness (QED) is 0.803. The zero-order chi connectivity index (χ0) is 15.2. The Hall–Kier alpha value is -2.11. The van der Waals surface area contributed by atoms with Crippen molar-refractivity contribution in [1.82, 2.24) is 4.98 Å². The van der Waals surface area contributed by atoms with Crippen molar-refractivity contribution in [3.05, 3.63) is 23.9 Å². The van der Waals surface area contributed by atoms with Crippen molar-refractivity contribution < 1.29 is 19.1 Å². The highest BCUT2D eigenvalue weighted by Gasteiger charge is 2.34. The van der Waals surface area contributed by atoms with E-state index < -0.39 is 17.5 Å². The Morgan fingerprint density at radius 1 is 1.35 bits per heavy atom. The van der Waals surface area contributed by atoms with Crippen molar-refractivity contribution in [3.63, 3.8) is 0 Å². The fourth-order valence-corrected chi connectivity index (χ4v) is 1.98. The summed E-state index contributed by atoms with van der Waals surface area (Å²) < 4.78 is 9.52. The SMILES string of the molecule is CCCC(C)(Nc1ncccc1C(=O)OC)C(=O)OC. The first-order chi connectivity index (χ1) is 9.48. The number of aromatic nitrogens is 1. The Kier molecular flexibility index (Phi) is 5.49. The fourth-order valence-electron chi connectivity index (χ4n) is 1.98. The van der Waals surface area contributed by atoms with E-state index in [1.165, 1.54) is 14.2 Å². The standard InChI is InChI=1S/C14H20N2O4/c1-5-8-14(2,13(18)20-4)16-11-10(12(17)19-3)7-6-9-15-11/h6-7,9H,5,8H2,1-4H3,(H,15,16). The summed E-state index contributed by atoms with van der Waals surface area (Å²) in [5, 5.41) is 3.00. The maximum absolute atomic E-state index is 12.0. The van der Waals surface area contributed by atoms with Crippen molar-refractivity contribution in [1.29, 1.82) is 0 Å². The fraction of sp³-hybridized carbons (Fsp3) is 0.500. The molecule has 20 heavy (non-hydrogen) atoms. The molecule has 0 saturated carbocycles. The van der Waals surface area contributed by atoms with Gasteiger partial charge in [-0.15, -0.1) is 0 Å². The summed E-state index contributed by atoms with van der Waals surface area (Å²) in [5.74, 6) is -0.606. The highest BCUT2D eigenvalue weighted by Crippen LogP contribution is 2.23. The summed E-state index contributed by atoms with van der Waals surface area (Å²) in [6, 6.07) is 3.22. The smallest absolute Gasteiger partial charge is 0.341 e. The largest absolute Gasteiger partial charge is 0.467 e. The molecular formula is C14H20N2O4. The zero-order valence-corrected chi connectivity index (χ0v) is 12.2. The Morgan fingerprint density at radius 2 is 2.05 bits per heavy atom. The third-order valence-corrected chi connectivity index (χ3v) is 2.99. The van der Waals surface area contributed by atoms with Crippen LogP contribution in [-0.2, 0) is 14.3 Å². The van der Waals surface area contributed by atoms with E-state index in [0.29, 0.717) is 12.2 Å². The van der Waals surface area contributed by atoms with Gasteiger partial charge in [-0.25, -0.2) is 14.6 Å². The van der Waals surface area contributed by atoms with E-state index in [4.69, 9.17) is 9.47 Å². The van der Waals surface area contributed by atoms with Gasteiger partial charge in [0.15, 0.2) is 0 Å². The topological polar surface area (TPSA) is 77.5 Å². The molecule has 0 aliphatic carbocycles. The lowest BCUT2D eigenvalue weighted by Crippen LogP contribution is -2.44. The van der Waals surface area contributed by atoms with E-state index in [0.717, 1.165) is 6.42 Å². The summed E-state index contributed by atoms with van der Waals surface area (Å²) in [5.41, 5.74) is -0.665. The van der Waals surface area contributed by atoms with Crippen LogP contribution in [0.5, 0.6) is 0 Å². The van der Waals surface area contributed by atoms with Crippen LogP contribution >= 0.6 is 0 Å². The van der Waals surface area contributed by atoms with Crippen LogP contribution in [-0.4, -0.2) is 36.7 Å². The molecule has 1 aromatic rings. The average molecular weight is 280 g/mol. The monoisotopic (exact) mass is 280 g/mol. The second-order valence-corrected chi connectivity index (χ2v) is 4.59. The molecule has 0 spiro atoms. The Balaban J connectivity index is 3.12. The average Bonchev–Trinajstić information content (AvgIpc) is 2.46. The third-order valence-electron chi connectivity index (χ3n) is 2.99. The first kappa shape index (κ1) is 15.9. The van der Waals surface area contributed by atoms with Crippen molar-refractivity contribution >= 4 is 17.8 Å². The van der Waals surface area contributed by atoms with Gasteiger partial charge in [0.2, 0.25) is 0 Å². The summed E-state index contributed by atoms with van der Waals surface area (Å²) in [6.45, 7) is 3.68. The molecule has 1 unspecified atom stereocenters. The van der Waals surface area contributed by atoms with E-state index in [2.05, 4.69) is 10.3 Å². The van der Waals surface area contributed by atoms with Gasteiger partial charge >= 0.3 is 11.9 Å². The third kappa shape index (κ3) is 3.46. The molecule has 0 bridgehead atoms. The number of rotatable bonds is 6. The van der Waals surface area contributed by atoms with Crippen LogP contribution in [0.2, 0.25) is 0 Å². The summed E-state index contributed by atoms with van der Waals surface area (Å²) in [7, 11) is 2.63. The number of anilines is 1. The number of pyridine rings is 1. The van der Waals surface area contributed by atoms with Gasteiger partial charge in [-0.3, -0.25) is 0 Å². The van der Waals surface area contributed by atoms with Gasteiger partial charge in [0.25, 0.3) is 0 Å². The van der Waals surface area contributed by atoms with Crippen LogP contribution in [0.4, 0.5) is 5.82 Å². The van der Waals surface area contributed by atoms with E-state index in [1.807, 2.05) is 6.92 Å². The predicted molar refractivity (Wildman–Crippen MR) is 74.5 cm³/mol. The highest BCUT2D eigenvalue weighted by atomic mass is 16.5. The molecule has 1 atom stereocenters. The normalized spacial score (nSPS) is 13.2. The molecule has 0 aromatic carbocycles. The molecule has 0 amide bonds. The Bertz CT molecular complexity index is 490. The molecule has 0 fully saturated rings. The summed E-state index contributed by atoms with van der Waals surface area (Å²) in [6.07, 6.45) is 2.87. The predicted octanol–water partition coefficient (Wildman–Crippen LogP) is 2.01. The van der Waals surface area contributed by atoms with Crippen molar-refractivity contribution in [3.8, 4) is 0 Å². The minimum absolute atomic E-state index is 0.279. The van der Waals surface area contributed by atoms with Crippen LogP contribution in [0.15, 0.2) is 18.3 Å². The first-order valence-electron chi connectivity index (χ1n) is 6.38.